The number of halogens is 4. The Bertz CT molecular complexity index is 1070. The van der Waals surface area contributed by atoms with E-state index < -0.39 is 29.3 Å². The molecule has 3 rings (SSSR count). The zero-order valence-electron chi connectivity index (χ0n) is 18.7. The zero-order chi connectivity index (χ0) is 24.6. The fourth-order valence-corrected chi connectivity index (χ4v) is 3.46. The van der Waals surface area contributed by atoms with Gasteiger partial charge in [-0.2, -0.15) is 13.2 Å². The van der Waals surface area contributed by atoms with Crippen LogP contribution < -0.4 is 11.1 Å². The summed E-state index contributed by atoms with van der Waals surface area (Å²) in [6.07, 6.45) is -3.45. The molecule has 33 heavy (non-hydrogen) atoms. The van der Waals surface area contributed by atoms with Crippen molar-refractivity contribution in [1.29, 1.82) is 0 Å². The first kappa shape index (κ1) is 24.7. The Hall–Kier alpha value is -2.92. The van der Waals surface area contributed by atoms with Crippen molar-refractivity contribution in [3.8, 4) is 0 Å². The second kappa shape index (κ2) is 9.14. The molecule has 1 aliphatic carbocycles. The minimum absolute atomic E-state index is 0.0396. The minimum atomic E-state index is -4.87. The third kappa shape index (κ3) is 5.91. The standard InChI is InChI=1S/C22H26F4N4O3/c1-11-29-16-8-17(32-4)18(33-10-21(2,3)31)7-14(16)20(30-11)28-9-12-5-13(27)6-15(19(12)23)22(24,25)26/h5-6,8,18,31H,7,9-10,27H2,1-4H3,(H,28,29,30). The van der Waals surface area contributed by atoms with Gasteiger partial charge in [0.25, 0.3) is 0 Å². The number of benzene rings is 1. The minimum Gasteiger partial charge on any atom is -0.498 e. The molecule has 1 aliphatic rings. The molecule has 7 nitrogen and oxygen atoms in total. The van der Waals surface area contributed by atoms with Crippen LogP contribution in [0.15, 0.2) is 17.9 Å². The van der Waals surface area contributed by atoms with Gasteiger partial charge >= 0.3 is 6.18 Å². The lowest BCUT2D eigenvalue weighted by molar-refractivity contribution is -0.140. The first-order chi connectivity index (χ1) is 15.3. The van der Waals surface area contributed by atoms with Crippen LogP contribution in [0, 0.1) is 12.7 Å². The summed E-state index contributed by atoms with van der Waals surface area (Å²) in [5.74, 6) is -0.150. The van der Waals surface area contributed by atoms with Crippen LogP contribution in [-0.4, -0.2) is 40.5 Å². The summed E-state index contributed by atoms with van der Waals surface area (Å²) < 4.78 is 65.1. The highest BCUT2D eigenvalue weighted by Gasteiger charge is 2.35. The number of aryl methyl sites for hydroxylation is 1. The van der Waals surface area contributed by atoms with Gasteiger partial charge in [-0.05, 0) is 32.9 Å². The fourth-order valence-electron chi connectivity index (χ4n) is 3.46. The molecule has 1 heterocycles. The molecule has 0 bridgehead atoms. The van der Waals surface area contributed by atoms with Crippen molar-refractivity contribution in [1.82, 2.24) is 9.97 Å². The Morgan fingerprint density at radius 1 is 1.24 bits per heavy atom. The molecule has 1 aromatic carbocycles. The monoisotopic (exact) mass is 470 g/mol. The van der Waals surface area contributed by atoms with Crippen molar-refractivity contribution in [2.45, 2.75) is 51.6 Å². The molecule has 1 atom stereocenters. The summed E-state index contributed by atoms with van der Waals surface area (Å²) in [4.78, 5) is 8.74. The lowest BCUT2D eigenvalue weighted by Gasteiger charge is -2.28. The summed E-state index contributed by atoms with van der Waals surface area (Å²) in [6, 6.07) is 1.72. The number of hydrogen-bond donors (Lipinski definition) is 3. The van der Waals surface area contributed by atoms with E-state index >= 15 is 0 Å². The Morgan fingerprint density at radius 2 is 1.94 bits per heavy atom. The Balaban J connectivity index is 1.91. The molecule has 0 radical (unpaired) electrons. The van der Waals surface area contributed by atoms with Crippen LogP contribution in [-0.2, 0) is 28.6 Å². The van der Waals surface area contributed by atoms with Gasteiger partial charge in [0.1, 0.15) is 29.3 Å². The molecular weight excluding hydrogens is 444 g/mol. The zero-order valence-corrected chi connectivity index (χ0v) is 18.7. The Labute approximate surface area is 188 Å². The van der Waals surface area contributed by atoms with Gasteiger partial charge in [-0.3, -0.25) is 0 Å². The van der Waals surface area contributed by atoms with E-state index in [1.807, 2.05) is 0 Å². The van der Waals surface area contributed by atoms with Crippen molar-refractivity contribution in [3.63, 3.8) is 0 Å². The number of alkyl halides is 3. The predicted molar refractivity (Wildman–Crippen MR) is 115 cm³/mol. The van der Waals surface area contributed by atoms with Crippen molar-refractivity contribution in [2.75, 3.05) is 24.8 Å². The van der Waals surface area contributed by atoms with E-state index in [9.17, 15) is 22.7 Å². The van der Waals surface area contributed by atoms with Crippen LogP contribution in [0.1, 0.15) is 42.1 Å². The maximum Gasteiger partial charge on any atom is 0.419 e. The maximum atomic E-state index is 14.5. The summed E-state index contributed by atoms with van der Waals surface area (Å²) in [7, 11) is 1.49. The molecule has 0 spiro atoms. The Morgan fingerprint density at radius 3 is 2.55 bits per heavy atom. The lowest BCUT2D eigenvalue weighted by atomic mass is 9.97. The molecule has 180 valence electrons. The number of fused-ring (bicyclic) bond motifs is 1. The van der Waals surface area contributed by atoms with E-state index in [0.29, 0.717) is 34.7 Å². The van der Waals surface area contributed by atoms with Gasteiger partial charge in [-0.1, -0.05) is 0 Å². The molecule has 0 amide bonds. The molecule has 0 saturated carbocycles. The molecular formula is C22H26F4N4O3. The number of nitrogens with one attached hydrogen (secondary N) is 1. The SMILES string of the molecule is COC1=Cc2nc(C)nc(NCc3cc(N)cc(C(F)(F)F)c3F)c2CC1OCC(C)(C)O. The molecule has 1 aromatic heterocycles. The average Bonchev–Trinajstić information content (AvgIpc) is 2.70. The van der Waals surface area contributed by atoms with Crippen LogP contribution in [0.4, 0.5) is 29.1 Å². The van der Waals surface area contributed by atoms with Crippen molar-refractivity contribution in [3.05, 3.63) is 51.9 Å². The van der Waals surface area contributed by atoms with Gasteiger partial charge in [0, 0.05) is 35.9 Å². The van der Waals surface area contributed by atoms with E-state index in [1.54, 1.807) is 26.8 Å². The number of nitrogens with zero attached hydrogens (tertiary/aromatic N) is 2. The lowest BCUT2D eigenvalue weighted by Crippen LogP contribution is -2.33. The topological polar surface area (TPSA) is 103 Å². The van der Waals surface area contributed by atoms with E-state index in [2.05, 4.69) is 15.3 Å². The number of ether oxygens (including phenoxy) is 2. The average molecular weight is 470 g/mol. The first-order valence-electron chi connectivity index (χ1n) is 10.1. The number of aromatic nitrogens is 2. The van der Waals surface area contributed by atoms with Gasteiger partial charge in [0.05, 0.1) is 30.6 Å². The molecule has 4 N–H and O–H groups in total. The van der Waals surface area contributed by atoms with Crippen molar-refractivity contribution >= 4 is 17.6 Å². The molecule has 0 aliphatic heterocycles. The van der Waals surface area contributed by atoms with Crippen molar-refractivity contribution < 1.29 is 32.1 Å². The third-order valence-electron chi connectivity index (χ3n) is 4.93. The quantitative estimate of drug-likeness (QED) is 0.417. The second-order valence-corrected chi connectivity index (χ2v) is 8.44. The Kier molecular flexibility index (Phi) is 6.85. The summed E-state index contributed by atoms with van der Waals surface area (Å²) in [6.45, 7) is 4.63. The number of aliphatic hydroxyl groups is 1. The molecule has 11 heteroatoms. The van der Waals surface area contributed by atoms with E-state index in [1.165, 1.54) is 7.11 Å². The van der Waals surface area contributed by atoms with Gasteiger partial charge < -0.3 is 25.6 Å². The third-order valence-corrected chi connectivity index (χ3v) is 4.93. The summed E-state index contributed by atoms with van der Waals surface area (Å²) in [5.41, 5.74) is 3.81. The second-order valence-electron chi connectivity index (χ2n) is 8.44. The first-order valence-corrected chi connectivity index (χ1v) is 10.1. The van der Waals surface area contributed by atoms with Crippen LogP contribution in [0.2, 0.25) is 0 Å². The molecule has 2 aromatic rings. The largest absolute Gasteiger partial charge is 0.498 e. The van der Waals surface area contributed by atoms with Crippen LogP contribution in [0.5, 0.6) is 0 Å². The number of anilines is 2. The van der Waals surface area contributed by atoms with Gasteiger partial charge in [-0.25, -0.2) is 14.4 Å². The van der Waals surface area contributed by atoms with E-state index in [4.69, 9.17) is 15.2 Å². The van der Waals surface area contributed by atoms with E-state index in [0.717, 1.165) is 6.07 Å². The normalized spacial score (nSPS) is 16.3. The van der Waals surface area contributed by atoms with Crippen LogP contribution in [0.3, 0.4) is 0 Å². The molecule has 0 saturated heterocycles. The highest BCUT2D eigenvalue weighted by Crippen LogP contribution is 2.35. The van der Waals surface area contributed by atoms with Crippen LogP contribution in [0.25, 0.3) is 6.08 Å². The van der Waals surface area contributed by atoms with Gasteiger partial charge in [0.2, 0.25) is 0 Å². The molecule has 1 unspecified atom stereocenters. The molecule has 0 fully saturated rings. The number of nitrogens with two attached hydrogens (primary N) is 1. The summed E-state index contributed by atoms with van der Waals surface area (Å²) >= 11 is 0. The number of nitrogen functional groups attached to an aromatic ring is 1. The van der Waals surface area contributed by atoms with Gasteiger partial charge in [-0.15, -0.1) is 0 Å². The van der Waals surface area contributed by atoms with Crippen molar-refractivity contribution in [2.24, 2.45) is 0 Å². The number of methoxy groups -OCH3 is 1. The highest BCUT2D eigenvalue weighted by atomic mass is 19.4. The smallest absolute Gasteiger partial charge is 0.419 e. The fraction of sp³-hybridized carbons (Fsp3) is 0.455. The van der Waals surface area contributed by atoms with Gasteiger partial charge in [0.15, 0.2) is 0 Å². The van der Waals surface area contributed by atoms with Crippen LogP contribution >= 0.6 is 0 Å². The summed E-state index contributed by atoms with van der Waals surface area (Å²) in [5, 5.41) is 12.9. The maximum absolute atomic E-state index is 14.5. The van der Waals surface area contributed by atoms with E-state index in [-0.39, 0.29) is 30.8 Å². The predicted octanol–water partition coefficient (Wildman–Crippen LogP) is 3.84. The number of hydrogen-bond acceptors (Lipinski definition) is 7. The highest BCUT2D eigenvalue weighted by molar-refractivity contribution is 5.63. The number of rotatable bonds is 7.